The Morgan fingerprint density at radius 3 is 2.67 bits per heavy atom. The third-order valence-corrected chi connectivity index (χ3v) is 4.33. The van der Waals surface area contributed by atoms with Crippen molar-refractivity contribution in [3.63, 3.8) is 0 Å². The summed E-state index contributed by atoms with van der Waals surface area (Å²) in [5.41, 5.74) is 2.85. The zero-order valence-electron chi connectivity index (χ0n) is 14.5. The molecule has 1 aromatic heterocycles. The highest BCUT2D eigenvalue weighted by Gasteiger charge is 2.11. The van der Waals surface area contributed by atoms with Crippen LogP contribution in [0, 0.1) is 6.92 Å². The summed E-state index contributed by atoms with van der Waals surface area (Å²) in [5, 5.41) is 15.3. The van der Waals surface area contributed by atoms with Crippen molar-refractivity contribution in [3.8, 4) is 11.3 Å². The number of furan rings is 1. The average molecular weight is 401 g/mol. The summed E-state index contributed by atoms with van der Waals surface area (Å²) < 4.78 is 5.49. The first-order chi connectivity index (χ1) is 13.0. The van der Waals surface area contributed by atoms with E-state index in [1.54, 1.807) is 42.5 Å². The predicted octanol–water partition coefficient (Wildman–Crippen LogP) is 4.53. The van der Waals surface area contributed by atoms with Gasteiger partial charge in [-0.25, -0.2) is 0 Å². The Morgan fingerprint density at radius 2 is 2.00 bits per heavy atom. The fourth-order valence-electron chi connectivity index (χ4n) is 2.52. The minimum absolute atomic E-state index is 0.172. The lowest BCUT2D eigenvalue weighted by atomic mass is 10.1. The van der Waals surface area contributed by atoms with E-state index in [-0.39, 0.29) is 17.6 Å². The van der Waals surface area contributed by atoms with Gasteiger partial charge in [-0.3, -0.25) is 10.1 Å². The molecular formula is C20H17ClN2O3S. The maximum Gasteiger partial charge on any atom is 0.257 e. The largest absolute Gasteiger partial charge is 0.459 e. The number of carbonyl (C=O) groups is 1. The molecule has 3 rings (SSSR count). The first kappa shape index (κ1) is 19.1. The fraction of sp³-hybridized carbons (Fsp3) is 0.100. The number of anilines is 1. The Kier molecular flexibility index (Phi) is 5.91. The third kappa shape index (κ3) is 4.74. The molecule has 138 valence electrons. The van der Waals surface area contributed by atoms with Gasteiger partial charge < -0.3 is 14.8 Å². The van der Waals surface area contributed by atoms with Gasteiger partial charge in [0.15, 0.2) is 5.11 Å². The second-order valence-electron chi connectivity index (χ2n) is 5.90. The van der Waals surface area contributed by atoms with E-state index in [1.165, 1.54) is 0 Å². The molecule has 1 heterocycles. The summed E-state index contributed by atoms with van der Waals surface area (Å²) in [7, 11) is 0. The maximum atomic E-state index is 12.2. The number of thiocarbonyl (C=S) groups is 1. The van der Waals surface area contributed by atoms with Gasteiger partial charge in [0.2, 0.25) is 0 Å². The first-order valence-electron chi connectivity index (χ1n) is 8.15. The van der Waals surface area contributed by atoms with Crippen molar-refractivity contribution in [3.05, 3.63) is 76.5 Å². The zero-order chi connectivity index (χ0) is 19.4. The van der Waals surface area contributed by atoms with Crippen LogP contribution in [0.3, 0.4) is 0 Å². The minimum atomic E-state index is -0.286. The lowest BCUT2D eigenvalue weighted by Gasteiger charge is -2.11. The molecule has 0 bridgehead atoms. The van der Waals surface area contributed by atoms with E-state index in [2.05, 4.69) is 10.6 Å². The van der Waals surface area contributed by atoms with Crippen LogP contribution >= 0.6 is 23.8 Å². The standard InChI is InChI=1S/C20H17ClN2O3S/c1-12-3-2-4-13(9-12)19(25)23-20(27)22-14-5-7-16(17(21)10-14)18-8-6-15(11-24)26-18/h2-10,24H,11H2,1H3,(H2,22,23,25,27). The van der Waals surface area contributed by atoms with Crippen LogP contribution in [0.4, 0.5) is 5.69 Å². The van der Waals surface area contributed by atoms with Crippen molar-refractivity contribution in [1.29, 1.82) is 0 Å². The molecular weight excluding hydrogens is 384 g/mol. The molecule has 7 heteroatoms. The van der Waals surface area contributed by atoms with Gasteiger partial charge in [0, 0.05) is 16.8 Å². The van der Waals surface area contributed by atoms with E-state index in [0.29, 0.717) is 33.4 Å². The van der Waals surface area contributed by atoms with Crippen molar-refractivity contribution in [1.82, 2.24) is 5.32 Å². The SMILES string of the molecule is Cc1cccc(C(=O)NC(=S)Nc2ccc(-c3ccc(CO)o3)c(Cl)c2)c1. The summed E-state index contributed by atoms with van der Waals surface area (Å²) in [5.74, 6) is 0.736. The molecule has 0 aliphatic carbocycles. The fourth-order valence-corrected chi connectivity index (χ4v) is 3.01. The zero-order valence-corrected chi connectivity index (χ0v) is 16.0. The van der Waals surface area contributed by atoms with Crippen molar-refractivity contribution >= 4 is 40.5 Å². The number of rotatable bonds is 4. The van der Waals surface area contributed by atoms with E-state index in [0.717, 1.165) is 5.56 Å². The number of hydrogen-bond donors (Lipinski definition) is 3. The second-order valence-corrected chi connectivity index (χ2v) is 6.71. The number of aliphatic hydroxyl groups is 1. The Bertz CT molecular complexity index is 1000. The molecule has 0 fully saturated rings. The Hall–Kier alpha value is -2.67. The van der Waals surface area contributed by atoms with Crippen LogP contribution in [-0.4, -0.2) is 16.1 Å². The molecule has 0 spiro atoms. The number of benzene rings is 2. The smallest absolute Gasteiger partial charge is 0.257 e. The molecule has 0 aliphatic rings. The van der Waals surface area contributed by atoms with Crippen LogP contribution in [-0.2, 0) is 6.61 Å². The molecule has 0 saturated carbocycles. The highest BCUT2D eigenvalue weighted by molar-refractivity contribution is 7.80. The number of halogens is 1. The summed E-state index contributed by atoms with van der Waals surface area (Å²) in [6.45, 7) is 1.74. The number of amides is 1. The van der Waals surface area contributed by atoms with E-state index in [1.807, 2.05) is 19.1 Å². The van der Waals surface area contributed by atoms with Gasteiger partial charge in [0.05, 0.1) is 5.02 Å². The van der Waals surface area contributed by atoms with Gasteiger partial charge >= 0.3 is 0 Å². The molecule has 0 saturated heterocycles. The van der Waals surface area contributed by atoms with E-state index in [4.69, 9.17) is 33.3 Å². The van der Waals surface area contributed by atoms with Crippen LogP contribution in [0.1, 0.15) is 21.7 Å². The van der Waals surface area contributed by atoms with Crippen LogP contribution in [0.25, 0.3) is 11.3 Å². The summed E-state index contributed by atoms with van der Waals surface area (Å²) in [6, 6.07) is 15.9. The van der Waals surface area contributed by atoms with Gasteiger partial charge in [0.1, 0.15) is 18.1 Å². The Morgan fingerprint density at radius 1 is 1.19 bits per heavy atom. The van der Waals surface area contributed by atoms with Crippen LogP contribution in [0.2, 0.25) is 5.02 Å². The summed E-state index contributed by atoms with van der Waals surface area (Å²) in [6.07, 6.45) is 0. The number of aryl methyl sites for hydroxylation is 1. The summed E-state index contributed by atoms with van der Waals surface area (Å²) >= 11 is 11.5. The average Bonchev–Trinajstić information content (AvgIpc) is 3.10. The highest BCUT2D eigenvalue weighted by atomic mass is 35.5. The van der Waals surface area contributed by atoms with Crippen molar-refractivity contribution in [2.75, 3.05) is 5.32 Å². The third-order valence-electron chi connectivity index (χ3n) is 3.82. The lowest BCUT2D eigenvalue weighted by Crippen LogP contribution is -2.34. The molecule has 27 heavy (non-hydrogen) atoms. The Labute approximate surface area is 167 Å². The van der Waals surface area contributed by atoms with Crippen LogP contribution < -0.4 is 10.6 Å². The molecule has 0 atom stereocenters. The van der Waals surface area contributed by atoms with Crippen molar-refractivity contribution < 1.29 is 14.3 Å². The first-order valence-corrected chi connectivity index (χ1v) is 8.93. The molecule has 3 N–H and O–H groups in total. The molecule has 0 unspecified atom stereocenters. The Balaban J connectivity index is 1.67. The van der Waals surface area contributed by atoms with Gasteiger partial charge in [-0.05, 0) is 61.6 Å². The van der Waals surface area contributed by atoms with Crippen LogP contribution in [0.5, 0.6) is 0 Å². The summed E-state index contributed by atoms with van der Waals surface area (Å²) in [4.78, 5) is 12.2. The lowest BCUT2D eigenvalue weighted by molar-refractivity contribution is 0.0977. The van der Waals surface area contributed by atoms with Crippen molar-refractivity contribution in [2.45, 2.75) is 13.5 Å². The quantitative estimate of drug-likeness (QED) is 0.561. The van der Waals surface area contributed by atoms with E-state index < -0.39 is 0 Å². The molecule has 1 amide bonds. The maximum absolute atomic E-state index is 12.2. The molecule has 0 aliphatic heterocycles. The molecule has 0 radical (unpaired) electrons. The van der Waals surface area contributed by atoms with Gasteiger partial charge in [0.25, 0.3) is 5.91 Å². The highest BCUT2D eigenvalue weighted by Crippen LogP contribution is 2.31. The number of carbonyl (C=O) groups excluding carboxylic acids is 1. The monoisotopic (exact) mass is 400 g/mol. The van der Waals surface area contributed by atoms with Gasteiger partial charge in [-0.1, -0.05) is 29.3 Å². The normalized spacial score (nSPS) is 10.5. The number of nitrogens with one attached hydrogen (secondary N) is 2. The van der Waals surface area contributed by atoms with Crippen LogP contribution in [0.15, 0.2) is 59.0 Å². The van der Waals surface area contributed by atoms with Gasteiger partial charge in [-0.2, -0.15) is 0 Å². The topological polar surface area (TPSA) is 74.5 Å². The van der Waals surface area contributed by atoms with E-state index in [9.17, 15) is 4.79 Å². The molecule has 3 aromatic rings. The number of aliphatic hydroxyl groups excluding tert-OH is 1. The molecule has 5 nitrogen and oxygen atoms in total. The van der Waals surface area contributed by atoms with Gasteiger partial charge in [-0.15, -0.1) is 0 Å². The number of hydrogen-bond acceptors (Lipinski definition) is 4. The second kappa shape index (κ2) is 8.35. The molecule has 2 aromatic carbocycles. The minimum Gasteiger partial charge on any atom is -0.459 e. The van der Waals surface area contributed by atoms with E-state index >= 15 is 0 Å². The predicted molar refractivity (Wildman–Crippen MR) is 110 cm³/mol. The van der Waals surface area contributed by atoms with Crippen molar-refractivity contribution in [2.24, 2.45) is 0 Å².